The number of benzene rings is 1. The van der Waals surface area contributed by atoms with Crippen LogP contribution < -0.4 is 10.2 Å². The van der Waals surface area contributed by atoms with Crippen molar-refractivity contribution >= 4 is 11.5 Å². The molecule has 2 aromatic rings. The molecule has 1 unspecified atom stereocenters. The summed E-state index contributed by atoms with van der Waals surface area (Å²) in [7, 11) is 0. The number of hydrogen-bond acceptors (Lipinski definition) is 5. The molecule has 0 amide bonds. The Morgan fingerprint density at radius 2 is 2.00 bits per heavy atom. The number of aromatic nitrogens is 2. The Morgan fingerprint density at radius 1 is 1.22 bits per heavy atom. The number of nitrogens with one attached hydrogen (secondary N) is 1. The minimum absolute atomic E-state index is 0.197. The molecule has 196 valence electrons. The van der Waals surface area contributed by atoms with Crippen LogP contribution in [-0.2, 0) is 6.42 Å². The molecule has 0 aliphatic heterocycles. The zero-order chi connectivity index (χ0) is 27.3. The van der Waals surface area contributed by atoms with E-state index in [9.17, 15) is 5.26 Å². The van der Waals surface area contributed by atoms with E-state index in [1.807, 2.05) is 44.2 Å². The highest BCUT2D eigenvalue weighted by Crippen LogP contribution is 2.33. The van der Waals surface area contributed by atoms with Crippen molar-refractivity contribution in [1.82, 2.24) is 10.2 Å². The first-order chi connectivity index (χ1) is 17.9. The smallest absolute Gasteiger partial charge is 0.149 e. The first-order valence-corrected chi connectivity index (χ1v) is 13.5. The summed E-state index contributed by atoms with van der Waals surface area (Å²) in [5.41, 5.74) is 8.94. The van der Waals surface area contributed by atoms with Crippen LogP contribution in [0.25, 0.3) is 0 Å². The summed E-state index contributed by atoms with van der Waals surface area (Å²) in [5.74, 6) is 1.09. The molecule has 37 heavy (non-hydrogen) atoms. The summed E-state index contributed by atoms with van der Waals surface area (Å²) in [6, 6.07) is 12.2. The maximum Gasteiger partial charge on any atom is 0.149 e. The minimum Gasteiger partial charge on any atom is -0.371 e. The largest absolute Gasteiger partial charge is 0.371 e. The average Bonchev–Trinajstić information content (AvgIpc) is 2.90. The van der Waals surface area contributed by atoms with Crippen LogP contribution in [0.5, 0.6) is 0 Å². The second kappa shape index (κ2) is 14.8. The summed E-state index contributed by atoms with van der Waals surface area (Å²) < 4.78 is 0. The van der Waals surface area contributed by atoms with Gasteiger partial charge in [0.2, 0.25) is 0 Å². The zero-order valence-corrected chi connectivity index (χ0v) is 23.7. The van der Waals surface area contributed by atoms with Crippen LogP contribution in [0.15, 0.2) is 77.7 Å². The molecule has 1 atom stereocenters. The van der Waals surface area contributed by atoms with E-state index in [4.69, 9.17) is 0 Å². The van der Waals surface area contributed by atoms with Crippen molar-refractivity contribution in [3.63, 3.8) is 0 Å². The zero-order valence-electron chi connectivity index (χ0n) is 23.7. The topological polar surface area (TPSA) is 64.8 Å². The number of nitrogens with zero attached hydrogens (tertiary/aromatic N) is 4. The number of allylic oxidation sites excluding steroid dienone is 4. The van der Waals surface area contributed by atoms with Gasteiger partial charge in [-0.05, 0) is 101 Å². The molecule has 0 bridgehead atoms. The second-order valence-electron chi connectivity index (χ2n) is 9.68. The molecule has 1 aromatic heterocycles. The fourth-order valence-electron chi connectivity index (χ4n) is 4.82. The van der Waals surface area contributed by atoms with Gasteiger partial charge in [0.1, 0.15) is 5.82 Å². The summed E-state index contributed by atoms with van der Waals surface area (Å²) in [4.78, 5) is 2.46. The third-order valence-corrected chi connectivity index (χ3v) is 6.51. The molecule has 0 spiro atoms. The van der Waals surface area contributed by atoms with Gasteiger partial charge in [-0.25, -0.2) is 0 Å². The Labute approximate surface area is 224 Å². The van der Waals surface area contributed by atoms with Crippen molar-refractivity contribution in [2.75, 3.05) is 23.3 Å². The molecule has 3 rings (SSSR count). The van der Waals surface area contributed by atoms with E-state index >= 15 is 0 Å². The van der Waals surface area contributed by atoms with Crippen LogP contribution in [0, 0.1) is 17.2 Å². The fraction of sp³-hybridized carbons (Fsp3) is 0.438. The molecule has 0 saturated carbocycles. The molecule has 0 fully saturated rings. The lowest BCUT2D eigenvalue weighted by Crippen LogP contribution is -2.39. The summed E-state index contributed by atoms with van der Waals surface area (Å²) in [5, 5.41) is 21.3. The van der Waals surface area contributed by atoms with Gasteiger partial charge in [0.15, 0.2) is 0 Å². The van der Waals surface area contributed by atoms with Gasteiger partial charge in [-0.15, -0.1) is 10.8 Å². The number of aryl methyl sites for hydroxylation is 1. The molecule has 0 radical (unpaired) electrons. The van der Waals surface area contributed by atoms with E-state index in [0.29, 0.717) is 11.5 Å². The lowest BCUT2D eigenvalue weighted by atomic mass is 9.81. The van der Waals surface area contributed by atoms with Crippen molar-refractivity contribution in [2.24, 2.45) is 5.92 Å². The fourth-order valence-corrected chi connectivity index (χ4v) is 4.82. The quantitative estimate of drug-likeness (QED) is 0.342. The Bertz CT molecular complexity index is 1160. The first-order valence-electron chi connectivity index (χ1n) is 13.5. The molecule has 1 aliphatic carbocycles. The molecular formula is C32H43N5. The SMILES string of the molecule is CC.CCc1cc(C#N)ccc1N(CC)CC(CC(C)(C)Nc1cccnn1)/C1=C(\C)C=C=CC=CC1. The number of hydrogen-bond donors (Lipinski definition) is 1. The van der Waals surface area contributed by atoms with Gasteiger partial charge in [0.05, 0.1) is 11.6 Å². The number of anilines is 2. The first kappa shape index (κ1) is 29.6. The van der Waals surface area contributed by atoms with E-state index < -0.39 is 0 Å². The molecule has 0 saturated heterocycles. The van der Waals surface area contributed by atoms with E-state index in [0.717, 1.165) is 38.2 Å². The number of rotatable bonds is 10. The number of nitriles is 1. The van der Waals surface area contributed by atoms with Crippen LogP contribution in [0.3, 0.4) is 0 Å². The molecular weight excluding hydrogens is 454 g/mol. The summed E-state index contributed by atoms with van der Waals surface area (Å²) in [6.45, 7) is 16.8. The van der Waals surface area contributed by atoms with Gasteiger partial charge >= 0.3 is 0 Å². The predicted octanol–water partition coefficient (Wildman–Crippen LogP) is 7.65. The predicted molar refractivity (Wildman–Crippen MR) is 157 cm³/mol. The van der Waals surface area contributed by atoms with Gasteiger partial charge in [-0.2, -0.15) is 10.4 Å². The van der Waals surface area contributed by atoms with Gasteiger partial charge < -0.3 is 10.2 Å². The third kappa shape index (κ3) is 8.77. The Kier molecular flexibility index (Phi) is 11.9. The van der Waals surface area contributed by atoms with Crippen LogP contribution in [0.4, 0.5) is 11.5 Å². The normalized spacial score (nSPS) is 15.6. The van der Waals surface area contributed by atoms with Crippen LogP contribution in [0.1, 0.15) is 72.4 Å². The highest BCUT2D eigenvalue weighted by atomic mass is 15.2. The lowest BCUT2D eigenvalue weighted by Gasteiger charge is -2.37. The van der Waals surface area contributed by atoms with E-state index in [1.165, 1.54) is 22.4 Å². The Balaban J connectivity index is 0.00000235. The maximum absolute atomic E-state index is 9.38. The Hall–Kier alpha value is -3.61. The van der Waals surface area contributed by atoms with Crippen molar-refractivity contribution in [3.05, 3.63) is 88.8 Å². The summed E-state index contributed by atoms with van der Waals surface area (Å²) >= 11 is 0. The molecule has 1 aromatic carbocycles. The maximum atomic E-state index is 9.38. The highest BCUT2D eigenvalue weighted by Gasteiger charge is 2.28. The average molecular weight is 498 g/mol. The van der Waals surface area contributed by atoms with Crippen LogP contribution in [0.2, 0.25) is 0 Å². The van der Waals surface area contributed by atoms with E-state index in [1.54, 1.807) is 6.20 Å². The van der Waals surface area contributed by atoms with Crippen molar-refractivity contribution < 1.29 is 0 Å². The van der Waals surface area contributed by atoms with E-state index in [2.05, 4.69) is 91.1 Å². The lowest BCUT2D eigenvalue weighted by molar-refractivity contribution is 0.413. The molecule has 1 N–H and O–H groups in total. The van der Waals surface area contributed by atoms with Crippen molar-refractivity contribution in [3.8, 4) is 6.07 Å². The van der Waals surface area contributed by atoms with Crippen LogP contribution in [-0.4, -0.2) is 28.8 Å². The van der Waals surface area contributed by atoms with Gasteiger partial charge in [0, 0.05) is 36.4 Å². The van der Waals surface area contributed by atoms with Crippen LogP contribution >= 0.6 is 0 Å². The molecule has 1 aliphatic rings. The van der Waals surface area contributed by atoms with Crippen molar-refractivity contribution in [1.29, 1.82) is 5.26 Å². The Morgan fingerprint density at radius 3 is 2.65 bits per heavy atom. The van der Waals surface area contributed by atoms with E-state index in [-0.39, 0.29) is 5.54 Å². The molecule has 5 heteroatoms. The molecule has 1 heterocycles. The van der Waals surface area contributed by atoms with Gasteiger partial charge in [0.25, 0.3) is 0 Å². The van der Waals surface area contributed by atoms with Crippen molar-refractivity contribution in [2.45, 2.75) is 73.3 Å². The molecule has 5 nitrogen and oxygen atoms in total. The monoisotopic (exact) mass is 497 g/mol. The highest BCUT2D eigenvalue weighted by molar-refractivity contribution is 5.57. The standard InChI is InChI=1S/C30H37N5.C2H6/c1-6-25-19-24(21-31)16-17-28(25)35(7-2)22-26(27-14-11-9-8-10-13-23(27)3)20-30(4,5)33-29-15-12-18-32-34-29;1-2/h8-9,11-13,15-19,26H,6-7,14,20,22H2,1-5H3,(H,33,34);1-2H3/b11-9?,27-23+;. The minimum atomic E-state index is -0.197. The van der Waals surface area contributed by atoms with Gasteiger partial charge in [-0.3, -0.25) is 0 Å². The summed E-state index contributed by atoms with van der Waals surface area (Å²) in [6.07, 6.45) is 12.8. The third-order valence-electron chi connectivity index (χ3n) is 6.51. The second-order valence-corrected chi connectivity index (χ2v) is 9.68. The van der Waals surface area contributed by atoms with Gasteiger partial charge in [-0.1, -0.05) is 38.5 Å².